The second-order valence-electron chi connectivity index (χ2n) is 21.0. The standard InChI is InChI=1S/C61H119NO5/c1-3-5-7-9-11-13-15-17-19-20-21-22-23-24-25-26-27-28-29-33-37-41-45-49-53-59(64)58(57-63)62-60(65)54-50-46-42-38-34-31-32-36-40-44-48-52-56-67-61(66)55-51-47-43-39-35-30-18-16-14-12-10-8-6-4-2/h49,53,58-59,63-64H,3-48,50-52,54-57H2,1-2H3,(H,62,65)/b53-49+. The Morgan fingerprint density at radius 1 is 0.403 bits per heavy atom. The molecule has 0 aliphatic carbocycles. The normalized spacial score (nSPS) is 12.6. The molecule has 398 valence electrons. The molecule has 0 aliphatic heterocycles. The first-order valence-corrected chi connectivity index (χ1v) is 30.5. The zero-order valence-electron chi connectivity index (χ0n) is 45.4. The second-order valence-corrected chi connectivity index (χ2v) is 21.0. The monoisotopic (exact) mass is 946 g/mol. The van der Waals surface area contributed by atoms with Gasteiger partial charge in [0.05, 0.1) is 25.4 Å². The predicted octanol–water partition coefficient (Wildman–Crippen LogP) is 18.9. The number of aliphatic hydroxyl groups is 2. The van der Waals surface area contributed by atoms with E-state index in [1.165, 1.54) is 257 Å². The van der Waals surface area contributed by atoms with Crippen LogP contribution >= 0.6 is 0 Å². The molecule has 0 bridgehead atoms. The zero-order valence-corrected chi connectivity index (χ0v) is 45.4. The summed E-state index contributed by atoms with van der Waals surface area (Å²) in [4.78, 5) is 24.5. The first-order valence-electron chi connectivity index (χ1n) is 30.5. The van der Waals surface area contributed by atoms with Crippen molar-refractivity contribution in [1.29, 1.82) is 0 Å². The summed E-state index contributed by atoms with van der Waals surface area (Å²) in [5.74, 6) is -0.0866. The third-order valence-corrected chi connectivity index (χ3v) is 14.3. The van der Waals surface area contributed by atoms with Gasteiger partial charge in [-0.2, -0.15) is 0 Å². The molecular formula is C61H119NO5. The number of unbranched alkanes of at least 4 members (excludes halogenated alkanes) is 46. The Hall–Kier alpha value is -1.40. The van der Waals surface area contributed by atoms with E-state index < -0.39 is 12.1 Å². The predicted molar refractivity (Wildman–Crippen MR) is 292 cm³/mol. The Bertz CT molecular complexity index is 1000. The third kappa shape index (κ3) is 53.8. The first-order chi connectivity index (χ1) is 33.0. The molecule has 6 heteroatoms. The summed E-state index contributed by atoms with van der Waals surface area (Å²) < 4.78 is 5.47. The number of hydrogen-bond acceptors (Lipinski definition) is 5. The number of allylic oxidation sites excluding steroid dienone is 1. The second kappa shape index (κ2) is 57.2. The van der Waals surface area contributed by atoms with Gasteiger partial charge in [-0.3, -0.25) is 9.59 Å². The van der Waals surface area contributed by atoms with Crippen molar-refractivity contribution < 1.29 is 24.5 Å². The van der Waals surface area contributed by atoms with Crippen LogP contribution in [0.4, 0.5) is 0 Å². The van der Waals surface area contributed by atoms with Crippen LogP contribution in [0.2, 0.25) is 0 Å². The van der Waals surface area contributed by atoms with E-state index in [0.717, 1.165) is 57.8 Å². The minimum atomic E-state index is -0.855. The van der Waals surface area contributed by atoms with Crippen molar-refractivity contribution in [2.45, 2.75) is 353 Å². The van der Waals surface area contributed by atoms with Gasteiger partial charge in [-0.05, 0) is 32.1 Å². The molecule has 0 spiro atoms. The molecule has 0 saturated heterocycles. The fraction of sp³-hybridized carbons (Fsp3) is 0.934. The summed E-state index contributed by atoms with van der Waals surface area (Å²) in [6, 6.07) is -0.639. The van der Waals surface area contributed by atoms with Crippen molar-refractivity contribution >= 4 is 11.9 Å². The SMILES string of the molecule is CCCCCCCCCCCCCCCCCCCCCCCC/C=C/C(O)C(CO)NC(=O)CCCCCCCCCCCCCCOC(=O)CCCCCCCCCCCCCCCC. The molecule has 0 aromatic carbocycles. The van der Waals surface area contributed by atoms with Gasteiger partial charge in [0.1, 0.15) is 0 Å². The summed E-state index contributed by atoms with van der Waals surface area (Å²) in [6.07, 6.45) is 68.1. The minimum absolute atomic E-state index is 0.00741. The molecule has 3 N–H and O–H groups in total. The Labute approximate surface area is 419 Å². The maximum Gasteiger partial charge on any atom is 0.305 e. The number of ether oxygens (including phenoxy) is 1. The Balaban J connectivity index is 3.47. The van der Waals surface area contributed by atoms with E-state index in [4.69, 9.17) is 4.74 Å². The topological polar surface area (TPSA) is 95.9 Å². The van der Waals surface area contributed by atoms with E-state index in [9.17, 15) is 19.8 Å². The molecule has 67 heavy (non-hydrogen) atoms. The molecule has 0 aromatic heterocycles. The van der Waals surface area contributed by atoms with E-state index >= 15 is 0 Å². The quantitative estimate of drug-likeness (QED) is 0.0321. The maximum absolute atomic E-state index is 12.5. The van der Waals surface area contributed by atoms with Crippen LogP contribution in [0.1, 0.15) is 341 Å². The molecule has 0 rings (SSSR count). The fourth-order valence-electron chi connectivity index (χ4n) is 9.64. The Morgan fingerprint density at radius 3 is 1.01 bits per heavy atom. The van der Waals surface area contributed by atoms with E-state index in [0.29, 0.717) is 19.4 Å². The molecular weight excluding hydrogens is 827 g/mol. The summed E-state index contributed by atoms with van der Waals surface area (Å²) in [7, 11) is 0. The van der Waals surface area contributed by atoms with Crippen LogP contribution in [0, 0.1) is 0 Å². The van der Waals surface area contributed by atoms with Crippen LogP contribution in [0.5, 0.6) is 0 Å². The molecule has 0 heterocycles. The van der Waals surface area contributed by atoms with Crippen molar-refractivity contribution in [2.75, 3.05) is 13.2 Å². The van der Waals surface area contributed by atoms with Gasteiger partial charge in [0.2, 0.25) is 5.91 Å². The van der Waals surface area contributed by atoms with Crippen LogP contribution in [-0.4, -0.2) is 47.4 Å². The summed E-state index contributed by atoms with van der Waals surface area (Å²) in [6.45, 7) is 4.90. The lowest BCUT2D eigenvalue weighted by molar-refractivity contribution is -0.143. The average Bonchev–Trinajstić information content (AvgIpc) is 3.33. The van der Waals surface area contributed by atoms with E-state index in [1.54, 1.807) is 6.08 Å². The van der Waals surface area contributed by atoms with Gasteiger partial charge in [0, 0.05) is 12.8 Å². The number of nitrogens with one attached hydrogen (secondary N) is 1. The number of carbonyl (C=O) groups is 2. The molecule has 0 aromatic rings. The smallest absolute Gasteiger partial charge is 0.305 e. The maximum atomic E-state index is 12.5. The molecule has 6 nitrogen and oxygen atoms in total. The van der Waals surface area contributed by atoms with Crippen molar-refractivity contribution in [3.05, 3.63) is 12.2 Å². The number of esters is 1. The zero-order chi connectivity index (χ0) is 48.6. The van der Waals surface area contributed by atoms with E-state index in [1.807, 2.05) is 6.08 Å². The highest BCUT2D eigenvalue weighted by atomic mass is 16.5. The van der Waals surface area contributed by atoms with Crippen LogP contribution in [0.3, 0.4) is 0 Å². The molecule has 1 amide bonds. The van der Waals surface area contributed by atoms with Crippen LogP contribution in [-0.2, 0) is 14.3 Å². The van der Waals surface area contributed by atoms with Gasteiger partial charge < -0.3 is 20.3 Å². The lowest BCUT2D eigenvalue weighted by Gasteiger charge is -2.20. The van der Waals surface area contributed by atoms with Crippen molar-refractivity contribution in [2.24, 2.45) is 0 Å². The minimum Gasteiger partial charge on any atom is -0.466 e. The third-order valence-electron chi connectivity index (χ3n) is 14.3. The Morgan fingerprint density at radius 2 is 0.687 bits per heavy atom. The lowest BCUT2D eigenvalue weighted by Crippen LogP contribution is -2.45. The molecule has 0 saturated carbocycles. The number of carbonyl (C=O) groups excluding carboxylic acids is 2. The van der Waals surface area contributed by atoms with Gasteiger partial charge in [-0.1, -0.05) is 309 Å². The molecule has 2 atom stereocenters. The number of amides is 1. The Kier molecular flexibility index (Phi) is 56.0. The lowest BCUT2D eigenvalue weighted by atomic mass is 10.0. The highest BCUT2D eigenvalue weighted by Crippen LogP contribution is 2.18. The van der Waals surface area contributed by atoms with Crippen molar-refractivity contribution in [3.8, 4) is 0 Å². The number of hydrogen-bond donors (Lipinski definition) is 3. The van der Waals surface area contributed by atoms with Gasteiger partial charge in [0.25, 0.3) is 0 Å². The van der Waals surface area contributed by atoms with E-state index in [-0.39, 0.29) is 18.5 Å². The summed E-state index contributed by atoms with van der Waals surface area (Å²) in [5, 5.41) is 23.2. The van der Waals surface area contributed by atoms with E-state index in [2.05, 4.69) is 19.2 Å². The van der Waals surface area contributed by atoms with Gasteiger partial charge in [0.15, 0.2) is 0 Å². The fourth-order valence-corrected chi connectivity index (χ4v) is 9.64. The number of rotatable bonds is 57. The van der Waals surface area contributed by atoms with Gasteiger partial charge in [-0.25, -0.2) is 0 Å². The summed E-state index contributed by atoms with van der Waals surface area (Å²) in [5.41, 5.74) is 0. The van der Waals surface area contributed by atoms with Crippen LogP contribution in [0.25, 0.3) is 0 Å². The molecule has 0 aliphatic rings. The van der Waals surface area contributed by atoms with Crippen molar-refractivity contribution in [3.63, 3.8) is 0 Å². The van der Waals surface area contributed by atoms with Gasteiger partial charge in [-0.15, -0.1) is 0 Å². The molecule has 0 radical (unpaired) electrons. The van der Waals surface area contributed by atoms with Crippen LogP contribution in [0.15, 0.2) is 12.2 Å². The van der Waals surface area contributed by atoms with Crippen LogP contribution < -0.4 is 5.32 Å². The van der Waals surface area contributed by atoms with Crippen molar-refractivity contribution in [1.82, 2.24) is 5.32 Å². The largest absolute Gasteiger partial charge is 0.466 e. The number of aliphatic hydroxyl groups excluding tert-OH is 2. The first kappa shape index (κ1) is 65.6. The molecule has 2 unspecified atom stereocenters. The summed E-state index contributed by atoms with van der Waals surface area (Å²) >= 11 is 0. The average molecular weight is 947 g/mol. The highest BCUT2D eigenvalue weighted by Gasteiger charge is 2.18. The van der Waals surface area contributed by atoms with Gasteiger partial charge >= 0.3 is 5.97 Å². The highest BCUT2D eigenvalue weighted by molar-refractivity contribution is 5.76. The molecule has 0 fully saturated rings.